The first-order chi connectivity index (χ1) is 6.35. The second-order valence-corrected chi connectivity index (χ2v) is 4.10. The Labute approximate surface area is 85.5 Å². The summed E-state index contributed by atoms with van der Waals surface area (Å²) in [6.07, 6.45) is 0. The van der Waals surface area contributed by atoms with E-state index >= 15 is 0 Å². The van der Waals surface area contributed by atoms with Crippen LogP contribution in [0.4, 0.5) is 0 Å². The number of rotatable bonds is 4. The molecule has 0 aliphatic carbocycles. The van der Waals surface area contributed by atoms with Crippen LogP contribution in [0.3, 0.4) is 0 Å². The van der Waals surface area contributed by atoms with Gasteiger partial charge < -0.3 is 4.74 Å². The summed E-state index contributed by atoms with van der Waals surface area (Å²) in [6, 6.07) is 1.92. The molecule has 0 amide bonds. The number of ether oxygens (including phenoxy) is 1. The molecule has 0 spiro atoms. The van der Waals surface area contributed by atoms with Crippen molar-refractivity contribution in [1.82, 2.24) is 4.90 Å². The quantitative estimate of drug-likeness (QED) is 0.633. The number of nitrogens with zero attached hydrogens (tertiary/aromatic N) is 2. The summed E-state index contributed by atoms with van der Waals surface area (Å²) in [5.74, 6) is -0.255. The van der Waals surface area contributed by atoms with Crippen molar-refractivity contribution in [1.29, 1.82) is 5.26 Å². The number of nitriles is 1. The number of esters is 1. The average molecular weight is 198 g/mol. The van der Waals surface area contributed by atoms with E-state index in [2.05, 4.69) is 10.8 Å². The predicted octanol–water partition coefficient (Wildman–Crippen LogP) is 1.03. The lowest BCUT2D eigenvalue weighted by Gasteiger charge is -2.28. The van der Waals surface area contributed by atoms with Crippen molar-refractivity contribution < 1.29 is 9.53 Å². The van der Waals surface area contributed by atoms with E-state index in [1.165, 1.54) is 7.11 Å². The number of hydrogen-bond donors (Lipinski definition) is 0. The van der Waals surface area contributed by atoms with Crippen LogP contribution < -0.4 is 0 Å². The molecule has 0 aromatic heterocycles. The Kier molecular flexibility index (Phi) is 4.58. The third-order valence-electron chi connectivity index (χ3n) is 2.23. The molecule has 1 atom stereocenters. The van der Waals surface area contributed by atoms with Gasteiger partial charge in [0.05, 0.1) is 24.6 Å². The summed E-state index contributed by atoms with van der Waals surface area (Å²) in [5.41, 5.74) is -0.575. The molecule has 1 unspecified atom stereocenters. The van der Waals surface area contributed by atoms with E-state index in [4.69, 9.17) is 5.26 Å². The molecule has 0 fully saturated rings. The molecule has 0 rings (SSSR count). The fourth-order valence-corrected chi connectivity index (χ4v) is 1.20. The van der Waals surface area contributed by atoms with Crippen LogP contribution in [0, 0.1) is 16.7 Å². The minimum atomic E-state index is -0.575. The fourth-order valence-electron chi connectivity index (χ4n) is 1.20. The van der Waals surface area contributed by atoms with Gasteiger partial charge in [-0.1, -0.05) is 0 Å². The second kappa shape index (κ2) is 4.97. The highest BCUT2D eigenvalue weighted by Crippen LogP contribution is 2.19. The smallest absolute Gasteiger partial charge is 0.312 e. The van der Waals surface area contributed by atoms with Crippen molar-refractivity contribution in [2.24, 2.45) is 5.41 Å². The Bertz CT molecular complexity index is 243. The van der Waals surface area contributed by atoms with Gasteiger partial charge in [-0.25, -0.2) is 0 Å². The average Bonchev–Trinajstić information content (AvgIpc) is 2.14. The summed E-state index contributed by atoms with van der Waals surface area (Å²) in [6.45, 7) is 5.92. The zero-order valence-corrected chi connectivity index (χ0v) is 9.50. The van der Waals surface area contributed by atoms with Crippen LogP contribution in [0.2, 0.25) is 0 Å². The maximum atomic E-state index is 11.3. The topological polar surface area (TPSA) is 53.3 Å². The van der Waals surface area contributed by atoms with E-state index in [0.717, 1.165) is 0 Å². The maximum Gasteiger partial charge on any atom is 0.312 e. The van der Waals surface area contributed by atoms with Gasteiger partial charge in [0.15, 0.2) is 0 Å². The van der Waals surface area contributed by atoms with E-state index in [1.54, 1.807) is 20.8 Å². The molecule has 80 valence electrons. The van der Waals surface area contributed by atoms with E-state index in [1.807, 2.05) is 11.9 Å². The van der Waals surface area contributed by atoms with Crippen molar-refractivity contribution in [3.63, 3.8) is 0 Å². The lowest BCUT2D eigenvalue weighted by molar-refractivity contribution is -0.151. The number of carbonyl (C=O) groups is 1. The van der Waals surface area contributed by atoms with Crippen molar-refractivity contribution in [2.75, 3.05) is 20.7 Å². The van der Waals surface area contributed by atoms with Crippen molar-refractivity contribution in [3.8, 4) is 6.07 Å². The highest BCUT2D eigenvalue weighted by Gasteiger charge is 2.31. The van der Waals surface area contributed by atoms with Gasteiger partial charge in [0.1, 0.15) is 0 Å². The van der Waals surface area contributed by atoms with E-state index < -0.39 is 5.41 Å². The molecule has 0 radical (unpaired) electrons. The Morgan fingerprint density at radius 3 is 2.50 bits per heavy atom. The van der Waals surface area contributed by atoms with Gasteiger partial charge in [-0.15, -0.1) is 0 Å². The number of hydrogen-bond acceptors (Lipinski definition) is 4. The van der Waals surface area contributed by atoms with Gasteiger partial charge in [0, 0.05) is 6.54 Å². The highest BCUT2D eigenvalue weighted by atomic mass is 16.5. The van der Waals surface area contributed by atoms with Crippen LogP contribution in [0.15, 0.2) is 0 Å². The second-order valence-electron chi connectivity index (χ2n) is 4.10. The van der Waals surface area contributed by atoms with Crippen LogP contribution in [-0.4, -0.2) is 37.6 Å². The first-order valence-electron chi connectivity index (χ1n) is 4.53. The summed E-state index contributed by atoms with van der Waals surface area (Å²) >= 11 is 0. The molecule has 0 saturated carbocycles. The molecule has 0 aromatic carbocycles. The van der Waals surface area contributed by atoms with Gasteiger partial charge in [-0.05, 0) is 27.8 Å². The van der Waals surface area contributed by atoms with Crippen molar-refractivity contribution in [3.05, 3.63) is 0 Å². The summed E-state index contributed by atoms with van der Waals surface area (Å²) in [7, 11) is 3.19. The summed E-state index contributed by atoms with van der Waals surface area (Å²) < 4.78 is 4.68. The van der Waals surface area contributed by atoms with Gasteiger partial charge in [0.25, 0.3) is 0 Å². The molecule has 0 heterocycles. The van der Waals surface area contributed by atoms with Crippen LogP contribution in [0.25, 0.3) is 0 Å². The zero-order valence-electron chi connectivity index (χ0n) is 9.50. The minimum absolute atomic E-state index is 0.195. The molecule has 14 heavy (non-hydrogen) atoms. The molecule has 0 saturated heterocycles. The maximum absolute atomic E-state index is 11.3. The SMILES string of the molecule is COC(=O)C(C)(C)CN(C)C(C)C#N. The zero-order chi connectivity index (χ0) is 11.4. The molecule has 0 bridgehead atoms. The standard InChI is InChI=1S/C10H18N2O2/c1-8(6-11)12(4)7-10(2,3)9(13)14-5/h8H,7H2,1-5H3. The minimum Gasteiger partial charge on any atom is -0.469 e. The van der Waals surface area contributed by atoms with Crippen LogP contribution >= 0.6 is 0 Å². The normalized spacial score (nSPS) is 13.5. The van der Waals surface area contributed by atoms with Crippen LogP contribution in [-0.2, 0) is 9.53 Å². The number of methoxy groups -OCH3 is 1. The third kappa shape index (κ3) is 3.35. The predicted molar refractivity (Wildman–Crippen MR) is 53.5 cm³/mol. The summed E-state index contributed by atoms with van der Waals surface area (Å²) in [5, 5.41) is 8.69. The lowest BCUT2D eigenvalue weighted by Crippen LogP contribution is -2.41. The van der Waals surface area contributed by atoms with Crippen molar-refractivity contribution >= 4 is 5.97 Å². The molecule has 0 aromatic rings. The Hall–Kier alpha value is -1.08. The Morgan fingerprint density at radius 2 is 2.14 bits per heavy atom. The van der Waals surface area contributed by atoms with E-state index in [9.17, 15) is 4.79 Å². The first kappa shape index (κ1) is 12.9. The Morgan fingerprint density at radius 1 is 1.64 bits per heavy atom. The van der Waals surface area contributed by atoms with Gasteiger partial charge in [-0.2, -0.15) is 5.26 Å². The number of carbonyl (C=O) groups excluding carboxylic acids is 1. The molecule has 0 N–H and O–H groups in total. The van der Waals surface area contributed by atoms with E-state index in [0.29, 0.717) is 6.54 Å². The highest BCUT2D eigenvalue weighted by molar-refractivity contribution is 5.76. The van der Waals surface area contributed by atoms with Crippen LogP contribution in [0.1, 0.15) is 20.8 Å². The molecular formula is C10H18N2O2. The molecule has 0 aliphatic heterocycles. The first-order valence-corrected chi connectivity index (χ1v) is 4.53. The monoisotopic (exact) mass is 198 g/mol. The molecule has 4 heteroatoms. The largest absolute Gasteiger partial charge is 0.469 e. The fraction of sp³-hybridized carbons (Fsp3) is 0.800. The van der Waals surface area contributed by atoms with Gasteiger partial charge in [-0.3, -0.25) is 9.69 Å². The van der Waals surface area contributed by atoms with Gasteiger partial charge >= 0.3 is 5.97 Å². The van der Waals surface area contributed by atoms with Crippen molar-refractivity contribution in [2.45, 2.75) is 26.8 Å². The molecular weight excluding hydrogens is 180 g/mol. The third-order valence-corrected chi connectivity index (χ3v) is 2.23. The lowest BCUT2D eigenvalue weighted by atomic mass is 9.92. The molecule has 4 nitrogen and oxygen atoms in total. The molecule has 0 aliphatic rings. The van der Waals surface area contributed by atoms with Crippen LogP contribution in [0.5, 0.6) is 0 Å². The van der Waals surface area contributed by atoms with E-state index in [-0.39, 0.29) is 12.0 Å². The Balaban J connectivity index is 4.37. The summed E-state index contributed by atoms with van der Waals surface area (Å²) in [4.78, 5) is 13.2. The van der Waals surface area contributed by atoms with Gasteiger partial charge in [0.2, 0.25) is 0 Å².